The molecule has 1 heterocycles. The number of nitrogens with zero attached hydrogens (tertiary/aromatic N) is 1. The predicted octanol–water partition coefficient (Wildman–Crippen LogP) is 2.56. The summed E-state index contributed by atoms with van der Waals surface area (Å²) in [6.07, 6.45) is 5.88. The Bertz CT molecular complexity index is 570. The second-order valence-electron chi connectivity index (χ2n) is 6.33. The van der Waals surface area contributed by atoms with Gasteiger partial charge in [0.1, 0.15) is 5.82 Å². The van der Waals surface area contributed by atoms with Gasteiger partial charge < -0.3 is 15.5 Å². The van der Waals surface area contributed by atoms with Gasteiger partial charge in [-0.1, -0.05) is 19.3 Å². The van der Waals surface area contributed by atoms with Crippen LogP contribution in [0.2, 0.25) is 0 Å². The molecule has 0 radical (unpaired) electrons. The zero-order valence-corrected chi connectivity index (χ0v) is 13.1. The summed E-state index contributed by atoms with van der Waals surface area (Å²) in [5.74, 6) is -0.387. The highest BCUT2D eigenvalue weighted by Crippen LogP contribution is 2.22. The van der Waals surface area contributed by atoms with Crippen LogP contribution >= 0.6 is 0 Å². The predicted molar refractivity (Wildman–Crippen MR) is 85.7 cm³/mol. The van der Waals surface area contributed by atoms with Gasteiger partial charge >= 0.3 is 6.03 Å². The van der Waals surface area contributed by atoms with Crippen molar-refractivity contribution in [1.82, 2.24) is 10.6 Å². The SMILES string of the molecule is O=C(NC1CCCCC1)NC1CC(=O)N(c2ccc(F)cc2)C1. The third-order valence-corrected chi connectivity index (χ3v) is 4.54. The quantitative estimate of drug-likeness (QED) is 0.899. The molecule has 0 aromatic heterocycles. The van der Waals surface area contributed by atoms with E-state index in [0.29, 0.717) is 12.2 Å². The molecule has 5 nitrogen and oxygen atoms in total. The molecule has 1 aromatic rings. The number of halogens is 1. The molecule has 0 spiro atoms. The summed E-state index contributed by atoms with van der Waals surface area (Å²) in [7, 11) is 0. The number of amides is 3. The summed E-state index contributed by atoms with van der Waals surface area (Å²) in [6.45, 7) is 0.419. The van der Waals surface area contributed by atoms with Crippen LogP contribution < -0.4 is 15.5 Å². The third kappa shape index (κ3) is 4.00. The summed E-state index contributed by atoms with van der Waals surface area (Å²) >= 11 is 0. The Balaban J connectivity index is 1.52. The van der Waals surface area contributed by atoms with Crippen LogP contribution in [-0.2, 0) is 4.79 Å². The van der Waals surface area contributed by atoms with Crippen LogP contribution in [0.4, 0.5) is 14.9 Å². The summed E-state index contributed by atoms with van der Waals surface area (Å²) in [4.78, 5) is 25.8. The van der Waals surface area contributed by atoms with E-state index in [2.05, 4.69) is 10.6 Å². The van der Waals surface area contributed by atoms with E-state index >= 15 is 0 Å². The lowest BCUT2D eigenvalue weighted by Crippen LogP contribution is -2.47. The molecule has 1 aliphatic heterocycles. The van der Waals surface area contributed by atoms with E-state index in [0.717, 1.165) is 25.7 Å². The summed E-state index contributed by atoms with van der Waals surface area (Å²) in [5, 5.41) is 5.87. The number of carbonyl (C=O) groups is 2. The van der Waals surface area contributed by atoms with Gasteiger partial charge in [-0.05, 0) is 37.1 Å². The first-order valence-corrected chi connectivity index (χ1v) is 8.25. The molecule has 3 rings (SSSR count). The minimum Gasteiger partial charge on any atom is -0.335 e. The maximum atomic E-state index is 13.0. The number of urea groups is 1. The zero-order chi connectivity index (χ0) is 16.2. The number of hydrogen-bond donors (Lipinski definition) is 2. The maximum absolute atomic E-state index is 13.0. The van der Waals surface area contributed by atoms with E-state index in [1.165, 1.54) is 18.6 Å². The van der Waals surface area contributed by atoms with E-state index in [1.807, 2.05) is 0 Å². The lowest BCUT2D eigenvalue weighted by molar-refractivity contribution is -0.117. The normalized spacial score (nSPS) is 22.2. The smallest absolute Gasteiger partial charge is 0.315 e. The van der Waals surface area contributed by atoms with Crippen molar-refractivity contribution in [2.24, 2.45) is 0 Å². The Morgan fingerprint density at radius 1 is 1.04 bits per heavy atom. The lowest BCUT2D eigenvalue weighted by Gasteiger charge is -2.24. The van der Waals surface area contributed by atoms with Gasteiger partial charge in [0.2, 0.25) is 5.91 Å². The lowest BCUT2D eigenvalue weighted by atomic mass is 9.96. The molecule has 1 saturated heterocycles. The van der Waals surface area contributed by atoms with E-state index in [4.69, 9.17) is 0 Å². The fraction of sp³-hybridized carbons (Fsp3) is 0.529. The van der Waals surface area contributed by atoms with E-state index < -0.39 is 0 Å². The Hall–Kier alpha value is -2.11. The summed E-state index contributed by atoms with van der Waals surface area (Å²) in [6, 6.07) is 5.66. The van der Waals surface area contributed by atoms with Gasteiger partial charge in [0, 0.05) is 24.7 Å². The van der Waals surface area contributed by atoms with Crippen molar-refractivity contribution < 1.29 is 14.0 Å². The van der Waals surface area contributed by atoms with Gasteiger partial charge in [0.15, 0.2) is 0 Å². The van der Waals surface area contributed by atoms with Gasteiger partial charge in [0.05, 0.1) is 6.04 Å². The number of nitrogens with one attached hydrogen (secondary N) is 2. The number of anilines is 1. The van der Waals surface area contributed by atoms with Gasteiger partial charge in [-0.25, -0.2) is 9.18 Å². The molecule has 124 valence electrons. The Labute approximate surface area is 135 Å². The van der Waals surface area contributed by atoms with Crippen molar-refractivity contribution in [1.29, 1.82) is 0 Å². The molecule has 3 amide bonds. The monoisotopic (exact) mass is 319 g/mol. The molecule has 1 aliphatic carbocycles. The van der Waals surface area contributed by atoms with Crippen molar-refractivity contribution in [3.63, 3.8) is 0 Å². The van der Waals surface area contributed by atoms with Crippen LogP contribution in [-0.4, -0.2) is 30.6 Å². The molecule has 23 heavy (non-hydrogen) atoms. The van der Waals surface area contributed by atoms with Gasteiger partial charge in [-0.3, -0.25) is 4.79 Å². The molecular formula is C17H22FN3O2. The second kappa shape index (κ2) is 6.98. The molecule has 1 aromatic carbocycles. The minimum atomic E-state index is -0.332. The van der Waals surface area contributed by atoms with Crippen LogP contribution in [0.5, 0.6) is 0 Å². The minimum absolute atomic E-state index is 0.0559. The fourth-order valence-electron chi connectivity index (χ4n) is 3.33. The van der Waals surface area contributed by atoms with Crippen LogP contribution in [0.3, 0.4) is 0 Å². The highest BCUT2D eigenvalue weighted by molar-refractivity contribution is 5.96. The van der Waals surface area contributed by atoms with Crippen LogP contribution in [0.1, 0.15) is 38.5 Å². The molecule has 2 fully saturated rings. The Morgan fingerprint density at radius 2 is 1.70 bits per heavy atom. The zero-order valence-electron chi connectivity index (χ0n) is 13.1. The maximum Gasteiger partial charge on any atom is 0.315 e. The Kier molecular flexibility index (Phi) is 4.79. The largest absolute Gasteiger partial charge is 0.335 e. The topological polar surface area (TPSA) is 61.4 Å². The molecule has 2 aliphatic rings. The fourth-order valence-corrected chi connectivity index (χ4v) is 3.33. The molecule has 1 atom stereocenters. The molecule has 2 N–H and O–H groups in total. The van der Waals surface area contributed by atoms with Crippen LogP contribution in [0, 0.1) is 5.82 Å². The number of rotatable bonds is 3. The Morgan fingerprint density at radius 3 is 2.39 bits per heavy atom. The van der Waals surface area contributed by atoms with Crippen molar-refractivity contribution in [3.8, 4) is 0 Å². The van der Waals surface area contributed by atoms with Gasteiger partial charge in [-0.2, -0.15) is 0 Å². The van der Waals surface area contributed by atoms with E-state index in [9.17, 15) is 14.0 Å². The van der Waals surface area contributed by atoms with Crippen LogP contribution in [0.15, 0.2) is 24.3 Å². The first kappa shape index (κ1) is 15.8. The van der Waals surface area contributed by atoms with Gasteiger partial charge in [-0.15, -0.1) is 0 Å². The molecule has 0 bridgehead atoms. The average Bonchev–Trinajstić information content (AvgIpc) is 2.89. The molecule has 1 saturated carbocycles. The van der Waals surface area contributed by atoms with Crippen molar-refractivity contribution in [2.75, 3.05) is 11.4 Å². The highest BCUT2D eigenvalue weighted by atomic mass is 19.1. The first-order valence-electron chi connectivity index (χ1n) is 8.25. The van der Waals surface area contributed by atoms with Crippen LogP contribution in [0.25, 0.3) is 0 Å². The number of hydrogen-bond acceptors (Lipinski definition) is 2. The second-order valence-corrected chi connectivity index (χ2v) is 6.33. The van der Waals surface area contributed by atoms with E-state index in [1.54, 1.807) is 17.0 Å². The van der Waals surface area contributed by atoms with Gasteiger partial charge in [0.25, 0.3) is 0 Å². The number of carbonyl (C=O) groups excluding carboxylic acids is 2. The third-order valence-electron chi connectivity index (χ3n) is 4.54. The van der Waals surface area contributed by atoms with Crippen molar-refractivity contribution in [2.45, 2.75) is 50.6 Å². The molecular weight excluding hydrogens is 297 g/mol. The first-order chi connectivity index (χ1) is 11.1. The summed E-state index contributed by atoms with van der Waals surface area (Å²) in [5.41, 5.74) is 0.661. The molecule has 6 heteroatoms. The summed E-state index contributed by atoms with van der Waals surface area (Å²) < 4.78 is 13.0. The average molecular weight is 319 g/mol. The van der Waals surface area contributed by atoms with Crippen molar-refractivity contribution >= 4 is 17.6 Å². The highest BCUT2D eigenvalue weighted by Gasteiger charge is 2.32. The van der Waals surface area contributed by atoms with Crippen molar-refractivity contribution in [3.05, 3.63) is 30.1 Å². The standard InChI is InChI=1S/C17H22FN3O2/c18-12-6-8-15(9-7-12)21-11-14(10-16(21)22)20-17(23)19-13-4-2-1-3-5-13/h6-9,13-14H,1-5,10-11H2,(H2,19,20,23). The molecule has 1 unspecified atom stereocenters. The number of benzene rings is 1. The van der Waals surface area contributed by atoms with E-state index in [-0.39, 0.29) is 36.3 Å².